The van der Waals surface area contributed by atoms with Crippen molar-refractivity contribution in [3.05, 3.63) is 35.3 Å². The molecule has 0 aliphatic carbocycles. The van der Waals surface area contributed by atoms with E-state index in [-0.39, 0.29) is 0 Å². The number of thiazole rings is 1. The highest BCUT2D eigenvalue weighted by Gasteiger charge is 2.06. The molecule has 1 heterocycles. The second-order valence-electron chi connectivity index (χ2n) is 5.21. The highest BCUT2D eigenvalue weighted by atomic mass is 32.1. The lowest BCUT2D eigenvalue weighted by molar-refractivity contribution is 0.317. The van der Waals surface area contributed by atoms with E-state index in [0.29, 0.717) is 6.04 Å². The highest BCUT2D eigenvalue weighted by molar-refractivity contribution is 7.13. The van der Waals surface area contributed by atoms with Crippen molar-refractivity contribution in [1.82, 2.24) is 10.3 Å². The van der Waals surface area contributed by atoms with Crippen LogP contribution >= 0.6 is 11.3 Å². The molecular formula is C17H24N2OS. The van der Waals surface area contributed by atoms with E-state index in [0.717, 1.165) is 48.0 Å². The summed E-state index contributed by atoms with van der Waals surface area (Å²) in [4.78, 5) is 4.69. The van der Waals surface area contributed by atoms with Crippen molar-refractivity contribution in [3.63, 3.8) is 0 Å². The average molecular weight is 304 g/mol. The lowest BCUT2D eigenvalue weighted by Gasteiger charge is -2.08. The van der Waals surface area contributed by atoms with Crippen molar-refractivity contribution in [2.45, 2.75) is 46.2 Å². The summed E-state index contributed by atoms with van der Waals surface area (Å²) in [5, 5.41) is 6.67. The molecule has 21 heavy (non-hydrogen) atoms. The van der Waals surface area contributed by atoms with Crippen LogP contribution in [0, 0.1) is 0 Å². The van der Waals surface area contributed by atoms with Crippen LogP contribution in [-0.2, 0) is 6.54 Å². The number of rotatable bonds is 8. The molecule has 4 heteroatoms. The molecule has 0 aliphatic heterocycles. The van der Waals surface area contributed by atoms with Crippen LogP contribution in [0.1, 0.15) is 39.3 Å². The molecule has 3 nitrogen and oxygen atoms in total. The molecule has 0 saturated heterocycles. The molecule has 0 saturated carbocycles. The standard InChI is InChI=1S/C17H24N2OS/c1-4-10-20-16-8-6-14(7-9-16)17-19-15(12-21-17)11-18-13(3)5-2/h6-9,12-13,18H,4-5,10-11H2,1-3H3. The maximum atomic E-state index is 5.60. The lowest BCUT2D eigenvalue weighted by atomic mass is 10.2. The summed E-state index contributed by atoms with van der Waals surface area (Å²) in [5.74, 6) is 0.927. The second kappa shape index (κ2) is 8.15. The predicted octanol–water partition coefficient (Wildman–Crippen LogP) is 4.49. The number of benzene rings is 1. The van der Waals surface area contributed by atoms with Gasteiger partial charge in [-0.15, -0.1) is 11.3 Å². The molecule has 0 amide bonds. The molecule has 1 N–H and O–H groups in total. The molecular weight excluding hydrogens is 280 g/mol. The van der Waals surface area contributed by atoms with Gasteiger partial charge in [0.2, 0.25) is 0 Å². The Morgan fingerprint density at radius 3 is 2.67 bits per heavy atom. The minimum atomic E-state index is 0.533. The zero-order valence-corrected chi connectivity index (χ0v) is 13.9. The Labute approximate surface area is 131 Å². The van der Waals surface area contributed by atoms with E-state index in [1.807, 2.05) is 12.1 Å². The van der Waals surface area contributed by atoms with Gasteiger partial charge in [-0.3, -0.25) is 0 Å². The summed E-state index contributed by atoms with van der Waals surface area (Å²) in [5.41, 5.74) is 2.26. The fourth-order valence-corrected chi connectivity index (χ4v) is 2.68. The van der Waals surface area contributed by atoms with Gasteiger partial charge in [0, 0.05) is 23.5 Å². The van der Waals surface area contributed by atoms with E-state index in [2.05, 4.69) is 43.6 Å². The van der Waals surface area contributed by atoms with Crippen molar-refractivity contribution < 1.29 is 4.74 Å². The summed E-state index contributed by atoms with van der Waals surface area (Å²) < 4.78 is 5.60. The molecule has 0 fully saturated rings. The predicted molar refractivity (Wildman–Crippen MR) is 89.9 cm³/mol. The van der Waals surface area contributed by atoms with Crippen LogP contribution in [0.15, 0.2) is 29.6 Å². The Balaban J connectivity index is 1.97. The third-order valence-corrected chi connectivity index (χ3v) is 4.31. The van der Waals surface area contributed by atoms with Gasteiger partial charge < -0.3 is 10.1 Å². The van der Waals surface area contributed by atoms with E-state index in [1.165, 1.54) is 0 Å². The molecule has 0 aliphatic rings. The first-order valence-electron chi connectivity index (χ1n) is 7.64. The Morgan fingerprint density at radius 2 is 2.00 bits per heavy atom. The number of nitrogens with zero attached hydrogens (tertiary/aromatic N) is 1. The van der Waals surface area contributed by atoms with Crippen LogP contribution < -0.4 is 10.1 Å². The first-order valence-corrected chi connectivity index (χ1v) is 8.52. The Hall–Kier alpha value is -1.39. The first-order chi connectivity index (χ1) is 10.2. The van der Waals surface area contributed by atoms with Gasteiger partial charge in [0.05, 0.1) is 12.3 Å². The van der Waals surface area contributed by atoms with Crippen molar-refractivity contribution in [1.29, 1.82) is 0 Å². The van der Waals surface area contributed by atoms with Crippen LogP contribution in [0.3, 0.4) is 0 Å². The third-order valence-electron chi connectivity index (χ3n) is 3.37. The molecule has 114 valence electrons. The molecule has 0 spiro atoms. The Morgan fingerprint density at radius 1 is 1.24 bits per heavy atom. The van der Waals surface area contributed by atoms with E-state index in [9.17, 15) is 0 Å². The maximum Gasteiger partial charge on any atom is 0.123 e. The van der Waals surface area contributed by atoms with Gasteiger partial charge >= 0.3 is 0 Å². The maximum absolute atomic E-state index is 5.60. The monoisotopic (exact) mass is 304 g/mol. The lowest BCUT2D eigenvalue weighted by Crippen LogP contribution is -2.24. The molecule has 0 bridgehead atoms. The summed E-state index contributed by atoms with van der Waals surface area (Å²) >= 11 is 1.69. The van der Waals surface area contributed by atoms with E-state index >= 15 is 0 Å². The van der Waals surface area contributed by atoms with Gasteiger partial charge in [-0.1, -0.05) is 13.8 Å². The van der Waals surface area contributed by atoms with E-state index < -0.39 is 0 Å². The highest BCUT2D eigenvalue weighted by Crippen LogP contribution is 2.25. The topological polar surface area (TPSA) is 34.1 Å². The average Bonchev–Trinajstić information content (AvgIpc) is 3.00. The largest absolute Gasteiger partial charge is 0.494 e. The number of hydrogen-bond acceptors (Lipinski definition) is 4. The quantitative estimate of drug-likeness (QED) is 0.780. The summed E-state index contributed by atoms with van der Waals surface area (Å²) in [7, 11) is 0. The SMILES string of the molecule is CCCOc1ccc(-c2nc(CNC(C)CC)cs2)cc1. The van der Waals surface area contributed by atoms with E-state index in [1.54, 1.807) is 11.3 Å². The number of aromatic nitrogens is 1. The molecule has 1 atom stereocenters. The van der Waals surface area contributed by atoms with Crippen LogP contribution in [0.2, 0.25) is 0 Å². The number of nitrogens with one attached hydrogen (secondary N) is 1. The molecule has 1 unspecified atom stereocenters. The van der Waals surface area contributed by atoms with Crippen molar-refractivity contribution in [2.75, 3.05) is 6.61 Å². The van der Waals surface area contributed by atoms with E-state index in [4.69, 9.17) is 9.72 Å². The van der Waals surface area contributed by atoms with Crippen LogP contribution in [0.4, 0.5) is 0 Å². The minimum absolute atomic E-state index is 0.533. The zero-order valence-electron chi connectivity index (χ0n) is 13.1. The summed E-state index contributed by atoms with van der Waals surface area (Å²) in [6.45, 7) is 8.10. The van der Waals surface area contributed by atoms with Gasteiger partial charge in [-0.25, -0.2) is 4.98 Å². The zero-order chi connectivity index (χ0) is 15.1. The van der Waals surface area contributed by atoms with Crippen LogP contribution in [0.25, 0.3) is 10.6 Å². The first kappa shape index (κ1) is 16.0. The minimum Gasteiger partial charge on any atom is -0.494 e. The van der Waals surface area contributed by atoms with Crippen LogP contribution in [0.5, 0.6) is 5.75 Å². The molecule has 1 aromatic carbocycles. The molecule has 1 aromatic heterocycles. The van der Waals surface area contributed by atoms with Gasteiger partial charge in [-0.2, -0.15) is 0 Å². The number of ether oxygens (including phenoxy) is 1. The summed E-state index contributed by atoms with van der Waals surface area (Å²) in [6.07, 6.45) is 2.16. The molecule has 2 aromatic rings. The molecule has 2 rings (SSSR count). The van der Waals surface area contributed by atoms with Crippen LogP contribution in [-0.4, -0.2) is 17.6 Å². The van der Waals surface area contributed by atoms with Gasteiger partial charge in [0.1, 0.15) is 10.8 Å². The van der Waals surface area contributed by atoms with Gasteiger partial charge in [0.25, 0.3) is 0 Å². The molecule has 0 radical (unpaired) electrons. The number of hydrogen-bond donors (Lipinski definition) is 1. The Bertz CT molecular complexity index is 536. The second-order valence-corrected chi connectivity index (χ2v) is 6.07. The van der Waals surface area contributed by atoms with Gasteiger partial charge in [0.15, 0.2) is 0 Å². The smallest absolute Gasteiger partial charge is 0.123 e. The fourth-order valence-electron chi connectivity index (χ4n) is 1.86. The summed E-state index contributed by atoms with van der Waals surface area (Å²) in [6, 6.07) is 8.73. The van der Waals surface area contributed by atoms with Crippen molar-refractivity contribution in [2.24, 2.45) is 0 Å². The van der Waals surface area contributed by atoms with Crippen molar-refractivity contribution in [3.8, 4) is 16.3 Å². The van der Waals surface area contributed by atoms with Gasteiger partial charge in [-0.05, 0) is 44.0 Å². The fraction of sp³-hybridized carbons (Fsp3) is 0.471. The van der Waals surface area contributed by atoms with Crippen molar-refractivity contribution >= 4 is 11.3 Å². The Kier molecular flexibility index (Phi) is 6.21. The normalized spacial score (nSPS) is 12.3. The third kappa shape index (κ3) is 4.83.